The molecule has 1 aliphatic carbocycles. The zero-order chi connectivity index (χ0) is 10.8. The normalized spacial score (nSPS) is 19.4. The number of alkyl halides is 3. The predicted molar refractivity (Wildman–Crippen MR) is 42.9 cm³/mol. The van der Waals surface area contributed by atoms with Crippen LogP contribution >= 0.6 is 0 Å². The SMILES string of the molecule is O=S(=O)(OCCC1CCC1)C(F)(F)F. The monoisotopic (exact) mass is 232 g/mol. The first-order chi connectivity index (χ1) is 6.33. The Balaban J connectivity index is 2.29. The summed E-state index contributed by atoms with van der Waals surface area (Å²) in [4.78, 5) is 0. The summed E-state index contributed by atoms with van der Waals surface area (Å²) in [7, 11) is -5.38. The molecule has 1 saturated carbocycles. The van der Waals surface area contributed by atoms with Crippen LogP contribution in [-0.4, -0.2) is 20.5 Å². The molecule has 0 aromatic carbocycles. The van der Waals surface area contributed by atoms with Gasteiger partial charge in [-0.05, 0) is 12.3 Å². The summed E-state index contributed by atoms with van der Waals surface area (Å²) in [6.07, 6.45) is 3.36. The minimum atomic E-state index is -5.38. The molecule has 1 rings (SSSR count). The molecule has 7 heteroatoms. The van der Waals surface area contributed by atoms with Crippen LogP contribution in [0.2, 0.25) is 0 Å². The van der Waals surface area contributed by atoms with E-state index >= 15 is 0 Å². The molecule has 0 heterocycles. The van der Waals surface area contributed by atoms with E-state index < -0.39 is 15.6 Å². The third-order valence-electron chi connectivity index (χ3n) is 2.27. The lowest BCUT2D eigenvalue weighted by Gasteiger charge is -2.24. The van der Waals surface area contributed by atoms with Crippen LogP contribution in [0.25, 0.3) is 0 Å². The third-order valence-corrected chi connectivity index (χ3v) is 3.32. The Bertz CT molecular complexity index is 279. The predicted octanol–water partition coefficient (Wildman–Crippen LogP) is 2.04. The van der Waals surface area contributed by atoms with Gasteiger partial charge in [0.25, 0.3) is 0 Å². The van der Waals surface area contributed by atoms with Gasteiger partial charge in [-0.15, -0.1) is 0 Å². The minimum Gasteiger partial charge on any atom is -0.263 e. The molecule has 0 aromatic rings. The average Bonchev–Trinajstić information content (AvgIpc) is 1.92. The molecule has 0 unspecified atom stereocenters. The van der Waals surface area contributed by atoms with Crippen LogP contribution in [0.3, 0.4) is 0 Å². The number of hydrogen-bond donors (Lipinski definition) is 0. The van der Waals surface area contributed by atoms with Crippen molar-refractivity contribution in [1.29, 1.82) is 0 Å². The Morgan fingerprint density at radius 2 is 1.86 bits per heavy atom. The maximum atomic E-state index is 11.7. The molecule has 0 aliphatic heterocycles. The molecule has 0 atom stereocenters. The van der Waals surface area contributed by atoms with Crippen LogP contribution in [0.15, 0.2) is 0 Å². The van der Waals surface area contributed by atoms with Gasteiger partial charge in [-0.1, -0.05) is 19.3 Å². The lowest BCUT2D eigenvalue weighted by atomic mass is 9.83. The zero-order valence-electron chi connectivity index (χ0n) is 7.38. The summed E-state index contributed by atoms with van der Waals surface area (Å²) >= 11 is 0. The molecule has 14 heavy (non-hydrogen) atoms. The van der Waals surface area contributed by atoms with E-state index in [1.165, 1.54) is 0 Å². The first-order valence-corrected chi connectivity index (χ1v) is 5.69. The molecule has 0 spiro atoms. The van der Waals surface area contributed by atoms with Crippen molar-refractivity contribution in [2.24, 2.45) is 5.92 Å². The number of hydrogen-bond acceptors (Lipinski definition) is 3. The molecule has 0 N–H and O–H groups in total. The van der Waals surface area contributed by atoms with Crippen molar-refractivity contribution in [3.63, 3.8) is 0 Å². The fourth-order valence-electron chi connectivity index (χ4n) is 1.17. The quantitative estimate of drug-likeness (QED) is 0.550. The first-order valence-electron chi connectivity index (χ1n) is 4.28. The summed E-state index contributed by atoms with van der Waals surface area (Å²) in [6.45, 7) is -0.369. The second-order valence-corrected chi connectivity index (χ2v) is 4.91. The van der Waals surface area contributed by atoms with E-state index in [1.54, 1.807) is 0 Å². The second-order valence-electron chi connectivity index (χ2n) is 3.31. The molecule has 0 aromatic heterocycles. The van der Waals surface area contributed by atoms with E-state index in [4.69, 9.17) is 0 Å². The van der Waals surface area contributed by atoms with Gasteiger partial charge in [0.1, 0.15) is 0 Å². The summed E-state index contributed by atoms with van der Waals surface area (Å²) < 4.78 is 59.9. The van der Waals surface area contributed by atoms with Gasteiger partial charge in [0, 0.05) is 0 Å². The molecular formula is C7H11F3O3S. The third kappa shape index (κ3) is 2.84. The standard InChI is InChI=1S/C7H11F3O3S/c8-7(9,10)14(11,12)13-5-4-6-2-1-3-6/h6H,1-5H2. The number of rotatable bonds is 4. The lowest BCUT2D eigenvalue weighted by Crippen LogP contribution is -2.26. The number of halogens is 3. The van der Waals surface area contributed by atoms with Gasteiger partial charge in [-0.3, -0.25) is 4.18 Å². The molecule has 3 nitrogen and oxygen atoms in total. The van der Waals surface area contributed by atoms with E-state index in [1.807, 2.05) is 0 Å². The van der Waals surface area contributed by atoms with Gasteiger partial charge in [-0.25, -0.2) is 0 Å². The van der Waals surface area contributed by atoms with Crippen LogP contribution < -0.4 is 0 Å². The molecule has 1 aliphatic rings. The summed E-state index contributed by atoms with van der Waals surface area (Å²) in [5.41, 5.74) is -5.30. The van der Waals surface area contributed by atoms with E-state index in [9.17, 15) is 21.6 Å². The van der Waals surface area contributed by atoms with Gasteiger partial charge >= 0.3 is 15.6 Å². The van der Waals surface area contributed by atoms with Crippen LogP contribution in [0.1, 0.15) is 25.7 Å². The van der Waals surface area contributed by atoms with Crippen molar-refractivity contribution < 1.29 is 25.8 Å². The first kappa shape index (κ1) is 11.8. The summed E-state index contributed by atoms with van der Waals surface area (Å²) in [5, 5.41) is 0. The molecule has 84 valence electrons. The zero-order valence-corrected chi connectivity index (χ0v) is 8.20. The largest absolute Gasteiger partial charge is 0.523 e. The van der Waals surface area contributed by atoms with E-state index in [0.717, 1.165) is 19.3 Å². The van der Waals surface area contributed by atoms with Gasteiger partial charge in [0.2, 0.25) is 0 Å². The van der Waals surface area contributed by atoms with E-state index in [2.05, 4.69) is 4.18 Å². The van der Waals surface area contributed by atoms with Crippen molar-refractivity contribution >= 4 is 10.1 Å². The Kier molecular flexibility index (Phi) is 3.41. The molecule has 0 saturated heterocycles. The molecule has 0 amide bonds. The van der Waals surface area contributed by atoms with Gasteiger partial charge < -0.3 is 0 Å². The van der Waals surface area contributed by atoms with E-state index in [0.29, 0.717) is 12.3 Å². The second kappa shape index (κ2) is 4.06. The van der Waals surface area contributed by atoms with Crippen LogP contribution in [0.4, 0.5) is 13.2 Å². The summed E-state index contributed by atoms with van der Waals surface area (Å²) in [6, 6.07) is 0. The fourth-order valence-corrected chi connectivity index (χ4v) is 1.62. The maximum Gasteiger partial charge on any atom is 0.523 e. The van der Waals surface area contributed by atoms with Crippen molar-refractivity contribution in [2.45, 2.75) is 31.2 Å². The molecule has 0 bridgehead atoms. The minimum absolute atomic E-state index is 0.332. The highest BCUT2D eigenvalue weighted by Crippen LogP contribution is 2.30. The Morgan fingerprint density at radius 3 is 2.21 bits per heavy atom. The van der Waals surface area contributed by atoms with Crippen molar-refractivity contribution in [2.75, 3.05) is 6.61 Å². The van der Waals surface area contributed by atoms with Crippen molar-refractivity contribution in [3.8, 4) is 0 Å². The Hall–Kier alpha value is -0.300. The van der Waals surface area contributed by atoms with Gasteiger partial charge in [-0.2, -0.15) is 21.6 Å². The van der Waals surface area contributed by atoms with Crippen molar-refractivity contribution in [3.05, 3.63) is 0 Å². The van der Waals surface area contributed by atoms with Gasteiger partial charge in [0.05, 0.1) is 6.61 Å². The summed E-state index contributed by atoms with van der Waals surface area (Å²) in [5.74, 6) is 0.332. The van der Waals surface area contributed by atoms with E-state index in [-0.39, 0.29) is 6.61 Å². The van der Waals surface area contributed by atoms with Crippen LogP contribution in [0.5, 0.6) is 0 Å². The lowest BCUT2D eigenvalue weighted by molar-refractivity contribution is -0.0546. The Labute approximate surface area is 80.4 Å². The van der Waals surface area contributed by atoms with Crippen LogP contribution in [0, 0.1) is 5.92 Å². The molecule has 1 fully saturated rings. The maximum absolute atomic E-state index is 11.7. The van der Waals surface area contributed by atoms with Gasteiger partial charge in [0.15, 0.2) is 0 Å². The van der Waals surface area contributed by atoms with Crippen molar-refractivity contribution in [1.82, 2.24) is 0 Å². The van der Waals surface area contributed by atoms with Crippen LogP contribution in [-0.2, 0) is 14.3 Å². The average molecular weight is 232 g/mol. The Morgan fingerprint density at radius 1 is 1.29 bits per heavy atom. The molecular weight excluding hydrogens is 221 g/mol. The fraction of sp³-hybridized carbons (Fsp3) is 1.00. The highest BCUT2D eigenvalue weighted by molar-refractivity contribution is 7.87. The smallest absolute Gasteiger partial charge is 0.263 e. The molecule has 0 radical (unpaired) electrons. The highest BCUT2D eigenvalue weighted by Gasteiger charge is 2.47. The topological polar surface area (TPSA) is 43.4 Å². The highest BCUT2D eigenvalue weighted by atomic mass is 32.2.